The third-order valence-electron chi connectivity index (χ3n) is 3.00. The fourth-order valence-electron chi connectivity index (χ4n) is 1.96. The first-order chi connectivity index (χ1) is 9.41. The molecule has 1 aromatic rings. The number of nitrogens with two attached hydrogens (primary N) is 1. The van der Waals surface area contributed by atoms with E-state index in [0.29, 0.717) is 0 Å². The molecule has 108 valence electrons. The molecule has 0 aromatic heterocycles. The molecule has 1 heterocycles. The number of benzene rings is 1. The smallest absolute Gasteiger partial charge is 0.350 e. The van der Waals surface area contributed by atoms with Crippen LogP contribution in [-0.4, -0.2) is 30.0 Å². The van der Waals surface area contributed by atoms with Crippen LogP contribution in [0.5, 0.6) is 0 Å². The van der Waals surface area contributed by atoms with Gasteiger partial charge in [-0.05, 0) is 23.8 Å². The molecule has 0 amide bonds. The first-order valence-electron chi connectivity index (χ1n) is 5.93. The highest BCUT2D eigenvalue weighted by atomic mass is 19.4. The number of hydrogen-bond donors (Lipinski definition) is 1. The second kappa shape index (κ2) is 5.62. The molecular weight excluding hydrogens is 274 g/mol. The summed E-state index contributed by atoms with van der Waals surface area (Å²) < 4.78 is 50.2. The maximum absolute atomic E-state index is 12.9. The highest BCUT2D eigenvalue weighted by Crippen LogP contribution is 2.25. The van der Waals surface area contributed by atoms with Crippen molar-refractivity contribution in [3.63, 3.8) is 0 Å². The maximum atomic E-state index is 12.9. The molecule has 0 aliphatic carbocycles. The van der Waals surface area contributed by atoms with E-state index in [1.807, 2.05) is 0 Å². The van der Waals surface area contributed by atoms with Gasteiger partial charge in [0.1, 0.15) is 18.2 Å². The van der Waals surface area contributed by atoms with E-state index < -0.39 is 11.9 Å². The van der Waals surface area contributed by atoms with Crippen LogP contribution in [0.4, 0.5) is 17.6 Å². The Kier molecular flexibility index (Phi) is 4.08. The zero-order chi connectivity index (χ0) is 14.8. The number of allylic oxidation sites excluding steroid dienone is 1. The van der Waals surface area contributed by atoms with E-state index in [9.17, 15) is 17.6 Å². The van der Waals surface area contributed by atoms with Crippen molar-refractivity contribution in [2.75, 3.05) is 13.2 Å². The summed E-state index contributed by atoms with van der Waals surface area (Å²) in [5.74, 6) is -0.379. The van der Waals surface area contributed by atoms with Gasteiger partial charge in [-0.25, -0.2) is 4.39 Å². The number of halogens is 4. The van der Waals surface area contributed by atoms with Gasteiger partial charge < -0.3 is 10.6 Å². The van der Waals surface area contributed by atoms with Crippen LogP contribution in [0, 0.1) is 5.82 Å². The molecule has 1 aliphatic heterocycles. The molecule has 2 N–H and O–H groups in total. The quantitative estimate of drug-likeness (QED) is 0.868. The SMILES string of the molecule is NCC(c1ccc(F)cc1)N1C=CC(C(F)(F)F)=NC1. The molecule has 1 aliphatic rings. The van der Waals surface area contributed by atoms with Crippen LogP contribution >= 0.6 is 0 Å². The lowest BCUT2D eigenvalue weighted by molar-refractivity contribution is -0.0584. The molecule has 1 unspecified atom stereocenters. The van der Waals surface area contributed by atoms with Crippen molar-refractivity contribution in [3.05, 3.63) is 47.9 Å². The third kappa shape index (κ3) is 3.16. The van der Waals surface area contributed by atoms with Crippen LogP contribution in [0.2, 0.25) is 0 Å². The number of rotatable bonds is 3. The second-order valence-electron chi connectivity index (χ2n) is 4.32. The van der Waals surface area contributed by atoms with Crippen LogP contribution in [0.15, 0.2) is 41.5 Å². The van der Waals surface area contributed by atoms with Crippen molar-refractivity contribution in [2.24, 2.45) is 10.7 Å². The van der Waals surface area contributed by atoms with Crippen LogP contribution in [0.3, 0.4) is 0 Å². The van der Waals surface area contributed by atoms with Crippen LogP contribution in [-0.2, 0) is 0 Å². The zero-order valence-electron chi connectivity index (χ0n) is 10.4. The summed E-state index contributed by atoms with van der Waals surface area (Å²) in [5, 5.41) is 0. The molecule has 0 bridgehead atoms. The molecular formula is C13H13F4N3. The van der Waals surface area contributed by atoms with Crippen molar-refractivity contribution in [3.8, 4) is 0 Å². The number of alkyl halides is 3. The van der Waals surface area contributed by atoms with Gasteiger partial charge in [0.05, 0.1) is 6.04 Å². The first kappa shape index (κ1) is 14.5. The van der Waals surface area contributed by atoms with E-state index in [-0.39, 0.29) is 25.1 Å². The summed E-state index contributed by atoms with van der Waals surface area (Å²) in [7, 11) is 0. The summed E-state index contributed by atoms with van der Waals surface area (Å²) in [6.07, 6.45) is -2.22. The Morgan fingerprint density at radius 3 is 2.35 bits per heavy atom. The van der Waals surface area contributed by atoms with Gasteiger partial charge in [-0.2, -0.15) is 13.2 Å². The number of hydrogen-bond acceptors (Lipinski definition) is 3. The molecule has 1 aromatic carbocycles. The Balaban J connectivity index is 2.14. The third-order valence-corrected chi connectivity index (χ3v) is 3.00. The molecule has 3 nitrogen and oxygen atoms in total. The minimum Gasteiger partial charge on any atom is -0.350 e. The van der Waals surface area contributed by atoms with Crippen molar-refractivity contribution in [1.82, 2.24) is 4.90 Å². The Labute approximate surface area is 113 Å². The Bertz CT molecular complexity index is 519. The van der Waals surface area contributed by atoms with E-state index >= 15 is 0 Å². The molecule has 0 spiro atoms. The normalized spacial score (nSPS) is 17.1. The Hall–Kier alpha value is -1.89. The second-order valence-corrected chi connectivity index (χ2v) is 4.32. The van der Waals surface area contributed by atoms with Crippen molar-refractivity contribution < 1.29 is 17.6 Å². The largest absolute Gasteiger partial charge is 0.433 e. The van der Waals surface area contributed by atoms with E-state index in [2.05, 4.69) is 4.99 Å². The van der Waals surface area contributed by atoms with Gasteiger partial charge in [-0.15, -0.1) is 0 Å². The highest BCUT2D eigenvalue weighted by Gasteiger charge is 2.35. The van der Waals surface area contributed by atoms with Crippen molar-refractivity contribution in [1.29, 1.82) is 0 Å². The monoisotopic (exact) mass is 287 g/mol. The minimum absolute atomic E-state index is 0.134. The van der Waals surface area contributed by atoms with E-state index in [0.717, 1.165) is 11.6 Å². The fourth-order valence-corrected chi connectivity index (χ4v) is 1.96. The topological polar surface area (TPSA) is 41.6 Å². The van der Waals surface area contributed by atoms with E-state index in [1.54, 1.807) is 17.0 Å². The molecule has 0 saturated carbocycles. The van der Waals surface area contributed by atoms with Gasteiger partial charge in [0.15, 0.2) is 0 Å². The zero-order valence-corrected chi connectivity index (χ0v) is 10.4. The van der Waals surface area contributed by atoms with Crippen molar-refractivity contribution >= 4 is 5.71 Å². The maximum Gasteiger partial charge on any atom is 0.433 e. The predicted octanol–water partition coefficient (Wildman–Crippen LogP) is 2.62. The van der Waals surface area contributed by atoms with Crippen LogP contribution in [0.1, 0.15) is 11.6 Å². The van der Waals surface area contributed by atoms with Gasteiger partial charge >= 0.3 is 6.18 Å². The lowest BCUT2D eigenvalue weighted by Crippen LogP contribution is -2.34. The van der Waals surface area contributed by atoms with Gasteiger partial charge in [0.25, 0.3) is 0 Å². The lowest BCUT2D eigenvalue weighted by atomic mass is 10.1. The van der Waals surface area contributed by atoms with Gasteiger partial charge in [0, 0.05) is 12.7 Å². The van der Waals surface area contributed by atoms with E-state index in [4.69, 9.17) is 5.73 Å². The molecule has 0 saturated heterocycles. The number of aliphatic imine (C=N–C) groups is 1. The van der Waals surface area contributed by atoms with E-state index in [1.165, 1.54) is 18.3 Å². The molecule has 0 fully saturated rings. The minimum atomic E-state index is -4.45. The summed E-state index contributed by atoms with van der Waals surface area (Å²) in [4.78, 5) is 5.08. The van der Waals surface area contributed by atoms with Crippen molar-refractivity contribution in [2.45, 2.75) is 12.2 Å². The van der Waals surface area contributed by atoms with Gasteiger partial charge in [-0.3, -0.25) is 4.99 Å². The summed E-state index contributed by atoms with van der Waals surface area (Å²) in [6, 6.07) is 5.35. The Morgan fingerprint density at radius 2 is 1.90 bits per heavy atom. The summed E-state index contributed by atoms with van der Waals surface area (Å²) >= 11 is 0. The number of nitrogens with zero attached hydrogens (tertiary/aromatic N) is 2. The average molecular weight is 287 g/mol. The van der Waals surface area contributed by atoms with Crippen LogP contribution < -0.4 is 5.73 Å². The predicted molar refractivity (Wildman–Crippen MR) is 67.5 cm³/mol. The molecule has 2 rings (SSSR count). The lowest BCUT2D eigenvalue weighted by Gasteiger charge is -2.31. The van der Waals surface area contributed by atoms with Crippen LogP contribution in [0.25, 0.3) is 0 Å². The average Bonchev–Trinajstić information content (AvgIpc) is 2.41. The molecule has 0 radical (unpaired) electrons. The molecule has 20 heavy (non-hydrogen) atoms. The first-order valence-corrected chi connectivity index (χ1v) is 5.93. The summed E-state index contributed by atoms with van der Waals surface area (Å²) in [6.45, 7) is 0.0530. The Morgan fingerprint density at radius 1 is 1.25 bits per heavy atom. The molecule has 1 atom stereocenters. The van der Waals surface area contributed by atoms with Gasteiger partial charge in [0.2, 0.25) is 0 Å². The fraction of sp³-hybridized carbons (Fsp3) is 0.308. The molecule has 7 heteroatoms. The summed E-state index contributed by atoms with van der Waals surface area (Å²) in [5.41, 5.74) is 5.47. The standard InChI is InChI=1S/C13H13F4N3/c14-10-3-1-9(2-4-10)11(7-18)20-6-5-12(19-8-20)13(15,16)17/h1-6,11H,7-8,18H2. The highest BCUT2D eigenvalue weighted by molar-refractivity contribution is 5.99. The van der Waals surface area contributed by atoms with Gasteiger partial charge in [-0.1, -0.05) is 12.1 Å².